The average Bonchev–Trinajstić information content (AvgIpc) is 2.90. The summed E-state index contributed by atoms with van der Waals surface area (Å²) in [6.07, 6.45) is 0. The van der Waals surface area contributed by atoms with E-state index in [1.165, 1.54) is 6.07 Å². The van der Waals surface area contributed by atoms with Gasteiger partial charge in [0.15, 0.2) is 0 Å². The fourth-order valence-electron chi connectivity index (χ4n) is 2.68. The van der Waals surface area contributed by atoms with E-state index in [9.17, 15) is 13.2 Å². The molecule has 6 nitrogen and oxygen atoms in total. The summed E-state index contributed by atoms with van der Waals surface area (Å²) in [5.41, 5.74) is 1.52. The molecule has 1 aliphatic rings. The molecular formula is C18H19N3O3S. The predicted octanol–water partition coefficient (Wildman–Crippen LogP) is 1.94. The van der Waals surface area contributed by atoms with Crippen LogP contribution in [0.25, 0.3) is 0 Å². The molecule has 0 aliphatic carbocycles. The molecule has 0 radical (unpaired) electrons. The zero-order chi connectivity index (χ0) is 18.0. The Hall–Kier alpha value is -2.67. The summed E-state index contributed by atoms with van der Waals surface area (Å²) in [6.45, 7) is 1.81. The second kappa shape index (κ2) is 6.68. The predicted molar refractivity (Wildman–Crippen MR) is 95.8 cm³/mol. The highest BCUT2D eigenvalue weighted by atomic mass is 32.2. The number of nitrogens with zero attached hydrogens (tertiary/aromatic N) is 2. The number of carbonyl (C=O) groups excluding carboxylic acids is 1. The van der Waals surface area contributed by atoms with Crippen LogP contribution in [0.3, 0.4) is 0 Å². The summed E-state index contributed by atoms with van der Waals surface area (Å²) < 4.78 is 26.5. The van der Waals surface area contributed by atoms with E-state index in [0.29, 0.717) is 5.56 Å². The summed E-state index contributed by atoms with van der Waals surface area (Å²) >= 11 is 0. The standard InChI is InChI=1S/C18H19N3O3S/c1-13(14-8-4-3-5-9-14)21(2)17(22)12-19-18-15-10-6-7-11-16(15)25(23,24)20-18/h3-11,13H,12H2,1-2H3,(H,19,20)/t13-/m0/s1. The lowest BCUT2D eigenvalue weighted by Crippen LogP contribution is -2.32. The Balaban J connectivity index is 1.75. The maximum absolute atomic E-state index is 12.4. The van der Waals surface area contributed by atoms with Gasteiger partial charge in [0, 0.05) is 12.6 Å². The minimum Gasteiger partial charge on any atom is -0.337 e. The van der Waals surface area contributed by atoms with Crippen LogP contribution in [0.5, 0.6) is 0 Å². The molecule has 1 heterocycles. The highest BCUT2D eigenvalue weighted by Crippen LogP contribution is 2.22. The number of amides is 1. The van der Waals surface area contributed by atoms with Crippen molar-refractivity contribution in [2.75, 3.05) is 13.6 Å². The third-order valence-electron chi connectivity index (χ3n) is 4.29. The Bertz CT molecular complexity index is 924. The molecule has 0 bridgehead atoms. The highest BCUT2D eigenvalue weighted by molar-refractivity contribution is 7.90. The van der Waals surface area contributed by atoms with E-state index < -0.39 is 10.0 Å². The number of benzene rings is 2. The number of nitrogens with one attached hydrogen (secondary N) is 1. The third-order valence-corrected chi connectivity index (χ3v) is 5.69. The van der Waals surface area contributed by atoms with Gasteiger partial charge in [-0.2, -0.15) is 0 Å². The van der Waals surface area contributed by atoms with Gasteiger partial charge in [-0.15, -0.1) is 0 Å². The average molecular weight is 357 g/mol. The maximum atomic E-state index is 12.4. The first-order chi connectivity index (χ1) is 11.9. The van der Waals surface area contributed by atoms with E-state index >= 15 is 0 Å². The zero-order valence-corrected chi connectivity index (χ0v) is 14.8. The Morgan fingerprint density at radius 3 is 2.48 bits per heavy atom. The highest BCUT2D eigenvalue weighted by Gasteiger charge is 2.30. The van der Waals surface area contributed by atoms with Crippen LogP contribution in [-0.2, 0) is 14.8 Å². The fourth-order valence-corrected chi connectivity index (χ4v) is 3.93. The van der Waals surface area contributed by atoms with Crippen LogP contribution in [0.2, 0.25) is 0 Å². The number of rotatable bonds is 4. The molecule has 0 spiro atoms. The molecular weight excluding hydrogens is 338 g/mol. The number of hydrogen-bond donors (Lipinski definition) is 1. The van der Waals surface area contributed by atoms with Crippen LogP contribution in [0.1, 0.15) is 24.1 Å². The number of aliphatic imine (C=N–C) groups is 1. The molecule has 25 heavy (non-hydrogen) atoms. The van der Waals surface area contributed by atoms with Crippen molar-refractivity contribution in [3.05, 3.63) is 65.7 Å². The smallest absolute Gasteiger partial charge is 0.263 e. The van der Waals surface area contributed by atoms with E-state index in [1.807, 2.05) is 37.3 Å². The van der Waals surface area contributed by atoms with E-state index in [1.54, 1.807) is 30.1 Å². The topological polar surface area (TPSA) is 78.8 Å². The SMILES string of the molecule is C[C@@H](c1ccccc1)N(C)C(=O)CN=C1NS(=O)(=O)c2ccccc21. The molecule has 3 rings (SSSR count). The molecule has 1 amide bonds. The first kappa shape index (κ1) is 17.2. The van der Waals surface area contributed by atoms with Gasteiger partial charge in [-0.1, -0.05) is 42.5 Å². The molecule has 0 saturated carbocycles. The zero-order valence-electron chi connectivity index (χ0n) is 14.0. The Kier molecular flexibility index (Phi) is 4.59. The van der Waals surface area contributed by atoms with Crippen LogP contribution in [-0.4, -0.2) is 38.7 Å². The lowest BCUT2D eigenvalue weighted by atomic mass is 10.1. The number of likely N-dealkylation sites (N-methyl/N-ethyl adjacent to an activating group) is 1. The Morgan fingerprint density at radius 1 is 1.12 bits per heavy atom. The largest absolute Gasteiger partial charge is 0.337 e. The molecule has 2 aromatic rings. The lowest BCUT2D eigenvalue weighted by Gasteiger charge is -2.24. The molecule has 0 saturated heterocycles. The van der Waals surface area contributed by atoms with Crippen molar-refractivity contribution in [1.82, 2.24) is 9.62 Å². The summed E-state index contributed by atoms with van der Waals surface area (Å²) in [5, 5.41) is 0. The number of hydrogen-bond acceptors (Lipinski definition) is 4. The van der Waals surface area contributed by atoms with Gasteiger partial charge < -0.3 is 4.90 Å². The molecule has 130 valence electrons. The third kappa shape index (κ3) is 3.41. The number of sulfonamides is 1. The summed E-state index contributed by atoms with van der Waals surface area (Å²) in [4.78, 5) is 18.4. The minimum atomic E-state index is -3.59. The first-order valence-corrected chi connectivity index (χ1v) is 9.36. The summed E-state index contributed by atoms with van der Waals surface area (Å²) in [5.74, 6) is 0.0251. The Morgan fingerprint density at radius 2 is 1.76 bits per heavy atom. The summed E-state index contributed by atoms with van der Waals surface area (Å²) in [6, 6.07) is 16.2. The molecule has 1 aliphatic heterocycles. The second-order valence-corrected chi connectivity index (χ2v) is 7.51. The maximum Gasteiger partial charge on any atom is 0.263 e. The van der Waals surface area contributed by atoms with Gasteiger partial charge >= 0.3 is 0 Å². The van der Waals surface area contributed by atoms with Crippen molar-refractivity contribution < 1.29 is 13.2 Å². The number of fused-ring (bicyclic) bond motifs is 1. The van der Waals surface area contributed by atoms with Gasteiger partial charge in [-0.3, -0.25) is 14.5 Å². The van der Waals surface area contributed by atoms with Crippen LogP contribution < -0.4 is 4.72 Å². The van der Waals surface area contributed by atoms with Crippen molar-refractivity contribution >= 4 is 21.8 Å². The van der Waals surface area contributed by atoms with Crippen molar-refractivity contribution in [2.45, 2.75) is 17.9 Å². The quantitative estimate of drug-likeness (QED) is 0.908. The minimum absolute atomic E-state index is 0.0959. The van der Waals surface area contributed by atoms with Crippen molar-refractivity contribution in [3.63, 3.8) is 0 Å². The van der Waals surface area contributed by atoms with E-state index in [4.69, 9.17) is 0 Å². The van der Waals surface area contributed by atoms with E-state index in [0.717, 1.165) is 5.56 Å². The second-order valence-electron chi connectivity index (χ2n) is 5.86. The summed E-state index contributed by atoms with van der Waals surface area (Å²) in [7, 11) is -1.87. The van der Waals surface area contributed by atoms with Crippen LogP contribution in [0.4, 0.5) is 0 Å². The molecule has 1 N–H and O–H groups in total. The molecule has 0 fully saturated rings. The van der Waals surface area contributed by atoms with Crippen molar-refractivity contribution in [3.8, 4) is 0 Å². The van der Waals surface area contributed by atoms with Crippen molar-refractivity contribution in [2.24, 2.45) is 4.99 Å². The molecule has 0 aromatic heterocycles. The van der Waals surface area contributed by atoms with Gasteiger partial charge in [-0.25, -0.2) is 8.42 Å². The van der Waals surface area contributed by atoms with Gasteiger partial charge in [0.05, 0.1) is 10.9 Å². The molecule has 7 heteroatoms. The number of amidine groups is 1. The number of carbonyl (C=O) groups is 1. The molecule has 1 atom stereocenters. The van der Waals surface area contributed by atoms with E-state index in [2.05, 4.69) is 9.71 Å². The van der Waals surface area contributed by atoms with Crippen LogP contribution in [0, 0.1) is 0 Å². The Labute approximate surface area is 147 Å². The van der Waals surface area contributed by atoms with Crippen molar-refractivity contribution in [1.29, 1.82) is 0 Å². The van der Waals surface area contributed by atoms with E-state index in [-0.39, 0.29) is 29.2 Å². The fraction of sp³-hybridized carbons (Fsp3) is 0.222. The first-order valence-electron chi connectivity index (χ1n) is 7.87. The molecule has 2 aromatic carbocycles. The molecule has 0 unspecified atom stereocenters. The normalized spacial score (nSPS) is 17.6. The van der Waals surface area contributed by atoms with Gasteiger partial charge in [0.1, 0.15) is 12.4 Å². The lowest BCUT2D eigenvalue weighted by molar-refractivity contribution is -0.130. The monoisotopic (exact) mass is 357 g/mol. The van der Waals surface area contributed by atoms with Crippen LogP contribution >= 0.6 is 0 Å². The van der Waals surface area contributed by atoms with Crippen LogP contribution in [0.15, 0.2) is 64.5 Å². The van der Waals surface area contributed by atoms with Gasteiger partial charge in [0.25, 0.3) is 10.0 Å². The van der Waals surface area contributed by atoms with Gasteiger partial charge in [-0.05, 0) is 24.6 Å². The van der Waals surface area contributed by atoms with Gasteiger partial charge in [0.2, 0.25) is 5.91 Å².